The fourth-order valence-electron chi connectivity index (χ4n) is 1.81. The molecule has 19 heavy (non-hydrogen) atoms. The highest BCUT2D eigenvalue weighted by Crippen LogP contribution is 2.07. The maximum absolute atomic E-state index is 5.84. The zero-order valence-electron chi connectivity index (χ0n) is 12.4. The Kier molecular flexibility index (Phi) is 6.32. The second-order valence-corrected chi connectivity index (χ2v) is 5.41. The second-order valence-electron chi connectivity index (χ2n) is 5.41. The maximum atomic E-state index is 5.84. The highest BCUT2D eigenvalue weighted by Gasteiger charge is 2.04. The molecule has 1 rings (SSSR count). The third-order valence-corrected chi connectivity index (χ3v) is 2.85. The van der Waals surface area contributed by atoms with E-state index >= 15 is 0 Å². The fraction of sp³-hybridized carbons (Fsp3) is 0.769. The lowest BCUT2D eigenvalue weighted by atomic mass is 10.0. The van der Waals surface area contributed by atoms with Gasteiger partial charge in [-0.15, -0.1) is 0 Å². The minimum atomic E-state index is 0.346. The lowest BCUT2D eigenvalue weighted by Crippen LogP contribution is -2.38. The molecular formula is C13H26N6. The number of hydrogen-bond acceptors (Lipinski definition) is 3. The Labute approximate surface area is 115 Å². The summed E-state index contributed by atoms with van der Waals surface area (Å²) < 4.78 is 1.66. The third-order valence-electron chi connectivity index (χ3n) is 2.85. The van der Waals surface area contributed by atoms with E-state index in [0.717, 1.165) is 12.3 Å². The molecule has 1 atom stereocenters. The molecule has 1 aromatic rings. The van der Waals surface area contributed by atoms with Crippen LogP contribution in [0, 0.1) is 5.92 Å². The molecule has 0 saturated carbocycles. The van der Waals surface area contributed by atoms with Gasteiger partial charge in [0.25, 0.3) is 0 Å². The molecule has 0 fully saturated rings. The van der Waals surface area contributed by atoms with Gasteiger partial charge < -0.3 is 11.1 Å². The minimum Gasteiger partial charge on any atom is -0.370 e. The van der Waals surface area contributed by atoms with Gasteiger partial charge in [-0.3, -0.25) is 4.68 Å². The Balaban J connectivity index is 2.27. The van der Waals surface area contributed by atoms with E-state index in [1.165, 1.54) is 12.8 Å². The van der Waals surface area contributed by atoms with E-state index in [-0.39, 0.29) is 0 Å². The van der Waals surface area contributed by atoms with Gasteiger partial charge in [0.15, 0.2) is 11.8 Å². The molecule has 1 unspecified atom stereocenters. The molecule has 1 aromatic heterocycles. The van der Waals surface area contributed by atoms with Crippen LogP contribution in [0.4, 0.5) is 0 Å². The van der Waals surface area contributed by atoms with E-state index in [1.807, 2.05) is 7.05 Å². The molecule has 6 heteroatoms. The Morgan fingerprint density at radius 3 is 2.74 bits per heavy atom. The van der Waals surface area contributed by atoms with Crippen molar-refractivity contribution in [2.45, 2.75) is 52.6 Å². The monoisotopic (exact) mass is 266 g/mol. The van der Waals surface area contributed by atoms with Crippen LogP contribution in [0.15, 0.2) is 11.3 Å². The van der Waals surface area contributed by atoms with Crippen LogP contribution in [-0.4, -0.2) is 26.8 Å². The summed E-state index contributed by atoms with van der Waals surface area (Å²) in [6, 6.07) is 0.346. The number of guanidine groups is 1. The summed E-state index contributed by atoms with van der Waals surface area (Å²) in [5, 5.41) is 7.34. The van der Waals surface area contributed by atoms with E-state index < -0.39 is 0 Å². The van der Waals surface area contributed by atoms with Gasteiger partial charge in [-0.25, -0.2) is 9.98 Å². The smallest absolute Gasteiger partial charge is 0.189 e. The topological polar surface area (TPSA) is 81.1 Å². The van der Waals surface area contributed by atoms with E-state index in [2.05, 4.69) is 41.2 Å². The van der Waals surface area contributed by atoms with Crippen LogP contribution < -0.4 is 11.1 Å². The SMILES string of the molecule is CC(C)CCCC(C)NC(N)=NCc1ncn(C)n1. The third kappa shape index (κ3) is 6.79. The molecule has 0 saturated heterocycles. The van der Waals surface area contributed by atoms with Crippen LogP contribution in [0.2, 0.25) is 0 Å². The van der Waals surface area contributed by atoms with Crippen molar-refractivity contribution in [1.29, 1.82) is 0 Å². The van der Waals surface area contributed by atoms with Gasteiger partial charge in [0, 0.05) is 13.1 Å². The van der Waals surface area contributed by atoms with Crippen LogP contribution >= 0.6 is 0 Å². The first kappa shape index (κ1) is 15.5. The summed E-state index contributed by atoms with van der Waals surface area (Å²) in [6.45, 7) is 7.03. The average Bonchev–Trinajstić information content (AvgIpc) is 2.72. The molecule has 0 bridgehead atoms. The largest absolute Gasteiger partial charge is 0.370 e. The van der Waals surface area contributed by atoms with Crippen molar-refractivity contribution in [2.24, 2.45) is 23.7 Å². The summed E-state index contributed by atoms with van der Waals surface area (Å²) in [4.78, 5) is 8.33. The van der Waals surface area contributed by atoms with Gasteiger partial charge in [-0.05, 0) is 19.3 Å². The number of nitrogens with zero attached hydrogens (tertiary/aromatic N) is 4. The lowest BCUT2D eigenvalue weighted by molar-refractivity contribution is 0.493. The summed E-state index contributed by atoms with van der Waals surface area (Å²) >= 11 is 0. The molecule has 0 amide bonds. The predicted octanol–water partition coefficient (Wildman–Crippen LogP) is 1.43. The van der Waals surface area contributed by atoms with Gasteiger partial charge in [0.2, 0.25) is 0 Å². The molecule has 0 spiro atoms. The lowest BCUT2D eigenvalue weighted by Gasteiger charge is -2.14. The quantitative estimate of drug-likeness (QED) is 0.578. The van der Waals surface area contributed by atoms with Crippen LogP contribution in [0.1, 0.15) is 45.9 Å². The maximum Gasteiger partial charge on any atom is 0.189 e. The molecule has 0 aliphatic rings. The van der Waals surface area contributed by atoms with Crippen molar-refractivity contribution in [3.8, 4) is 0 Å². The highest BCUT2D eigenvalue weighted by atomic mass is 15.3. The van der Waals surface area contributed by atoms with Crippen molar-refractivity contribution < 1.29 is 0 Å². The first-order valence-electron chi connectivity index (χ1n) is 6.88. The standard InChI is InChI=1S/C13H26N6/c1-10(2)6-5-7-11(3)17-13(14)15-8-12-16-9-19(4)18-12/h9-11H,5-8H2,1-4H3,(H3,14,15,17). The number of nitrogens with one attached hydrogen (secondary N) is 1. The molecule has 0 aromatic carbocycles. The number of hydrogen-bond donors (Lipinski definition) is 2. The number of aromatic nitrogens is 3. The van der Waals surface area contributed by atoms with Crippen molar-refractivity contribution in [3.63, 3.8) is 0 Å². The van der Waals surface area contributed by atoms with E-state index in [9.17, 15) is 0 Å². The van der Waals surface area contributed by atoms with E-state index in [0.29, 0.717) is 24.4 Å². The Morgan fingerprint density at radius 2 is 2.16 bits per heavy atom. The Hall–Kier alpha value is -1.59. The predicted molar refractivity (Wildman–Crippen MR) is 77.6 cm³/mol. The van der Waals surface area contributed by atoms with Crippen LogP contribution in [0.5, 0.6) is 0 Å². The summed E-state index contributed by atoms with van der Waals surface area (Å²) in [6.07, 6.45) is 5.22. The number of aliphatic imine (C=N–C) groups is 1. The molecule has 0 radical (unpaired) electrons. The summed E-state index contributed by atoms with van der Waals surface area (Å²) in [5.41, 5.74) is 5.84. The normalized spacial score (nSPS) is 13.8. The van der Waals surface area contributed by atoms with Gasteiger partial charge in [-0.1, -0.05) is 26.7 Å². The molecule has 108 valence electrons. The van der Waals surface area contributed by atoms with Gasteiger partial charge in [0.1, 0.15) is 12.9 Å². The minimum absolute atomic E-state index is 0.346. The van der Waals surface area contributed by atoms with Gasteiger partial charge in [-0.2, -0.15) is 5.10 Å². The van der Waals surface area contributed by atoms with Crippen LogP contribution in [0.25, 0.3) is 0 Å². The van der Waals surface area contributed by atoms with Crippen molar-refractivity contribution >= 4 is 5.96 Å². The summed E-state index contributed by atoms with van der Waals surface area (Å²) in [5.74, 6) is 1.90. The molecule has 0 aliphatic carbocycles. The van der Waals surface area contributed by atoms with Gasteiger partial charge >= 0.3 is 0 Å². The van der Waals surface area contributed by atoms with Crippen LogP contribution in [-0.2, 0) is 13.6 Å². The van der Waals surface area contributed by atoms with Crippen molar-refractivity contribution in [2.75, 3.05) is 0 Å². The fourth-order valence-corrected chi connectivity index (χ4v) is 1.81. The Morgan fingerprint density at radius 1 is 1.42 bits per heavy atom. The first-order valence-corrected chi connectivity index (χ1v) is 6.88. The molecular weight excluding hydrogens is 240 g/mol. The van der Waals surface area contributed by atoms with Crippen molar-refractivity contribution in [3.05, 3.63) is 12.2 Å². The van der Waals surface area contributed by atoms with Gasteiger partial charge in [0.05, 0.1) is 0 Å². The number of aryl methyl sites for hydroxylation is 1. The molecule has 1 heterocycles. The molecule has 3 N–H and O–H groups in total. The highest BCUT2D eigenvalue weighted by molar-refractivity contribution is 5.78. The second kappa shape index (κ2) is 7.76. The average molecular weight is 266 g/mol. The van der Waals surface area contributed by atoms with Crippen LogP contribution in [0.3, 0.4) is 0 Å². The zero-order chi connectivity index (χ0) is 14.3. The summed E-state index contributed by atoms with van der Waals surface area (Å²) in [7, 11) is 1.83. The first-order chi connectivity index (χ1) is 8.97. The Bertz CT molecular complexity index is 396. The van der Waals surface area contributed by atoms with E-state index in [4.69, 9.17) is 5.73 Å². The number of rotatable bonds is 7. The zero-order valence-corrected chi connectivity index (χ0v) is 12.4. The molecule has 0 aliphatic heterocycles. The molecule has 6 nitrogen and oxygen atoms in total. The van der Waals surface area contributed by atoms with E-state index in [1.54, 1.807) is 11.0 Å². The number of nitrogens with two attached hydrogens (primary N) is 1. The van der Waals surface area contributed by atoms with Crippen molar-refractivity contribution in [1.82, 2.24) is 20.1 Å².